The Morgan fingerprint density at radius 2 is 0.341 bits per heavy atom. The van der Waals surface area contributed by atoms with Crippen molar-refractivity contribution in [1.29, 1.82) is 0 Å². The predicted octanol–water partition coefficient (Wildman–Crippen LogP) is 9.43. The number of rotatable bonds is 12. The smallest absolute Gasteiger partial charge is 0.741 e. The number of benzene rings is 10. The van der Waals surface area contributed by atoms with Crippen LogP contribution in [-0.2, 0) is 65.0 Å². The molecule has 428 valence electrons. The minimum Gasteiger partial charge on any atom is -0.741 e. The van der Waals surface area contributed by atoms with E-state index in [1.54, 1.807) is 0 Å². The Hall–Kier alpha value is -5.20. The molecule has 20 heteroatoms. The molecule has 0 unspecified atom stereocenters. The van der Waals surface area contributed by atoms with Crippen LogP contribution in [0.25, 0.3) is 0 Å². The first-order valence-electron chi connectivity index (χ1n) is 24.5. The van der Waals surface area contributed by atoms with Crippen LogP contribution in [0.4, 0.5) is 26.3 Å². The van der Waals surface area contributed by atoms with Crippen LogP contribution in [0.2, 0.25) is 0 Å². The van der Waals surface area contributed by atoms with Gasteiger partial charge in [0.1, 0.15) is 63.7 Å². The van der Waals surface area contributed by atoms with Crippen LogP contribution in [0.1, 0.15) is 0 Å². The van der Waals surface area contributed by atoms with Crippen LogP contribution >= 0.6 is 31.7 Å². The minimum absolute atomic E-state index is 0. The molecule has 10 aromatic rings. The average Bonchev–Trinajstić information content (AvgIpc) is 3.62. The third-order valence-corrected chi connectivity index (χ3v) is 23.9. The maximum Gasteiger partial charge on any atom is 1.00 e. The second-order valence-corrected chi connectivity index (χ2v) is 30.1. The zero-order valence-electron chi connectivity index (χ0n) is 42.8. The van der Waals surface area contributed by atoms with Crippen molar-refractivity contribution < 1.29 is 97.0 Å². The summed E-state index contributed by atoms with van der Waals surface area (Å²) >= 11 is 0. The molecule has 0 amide bonds. The molecule has 0 heterocycles. The summed E-state index contributed by atoms with van der Waals surface area (Å²) in [5.41, 5.74) is -11.3. The zero-order valence-corrected chi connectivity index (χ0v) is 51.4. The van der Waals surface area contributed by atoms with Gasteiger partial charge < -0.3 is 9.11 Å². The maximum absolute atomic E-state index is 10.7. The van der Waals surface area contributed by atoms with E-state index in [1.165, 1.54) is 63.7 Å². The third kappa shape index (κ3) is 19.4. The van der Waals surface area contributed by atoms with E-state index in [2.05, 4.69) is 291 Å². The molecule has 0 saturated carbocycles. The van der Waals surface area contributed by atoms with Gasteiger partial charge in [-0.05, 0) is 121 Å². The van der Waals surface area contributed by atoms with E-state index in [-0.39, 0.29) is 44.8 Å². The molecule has 0 spiro atoms. The van der Waals surface area contributed by atoms with E-state index in [9.17, 15) is 26.3 Å². The van der Waals surface area contributed by atoms with Gasteiger partial charge in [-0.25, -0.2) is 16.8 Å². The van der Waals surface area contributed by atoms with Crippen LogP contribution in [-0.4, -0.2) is 37.0 Å². The number of hydrogen-bond donors (Lipinski definition) is 0. The van der Waals surface area contributed by atoms with Gasteiger partial charge in [0, 0.05) is 12.1 Å². The second kappa shape index (κ2) is 32.2. The standard InChI is InChI=1S/2C30H24P2.2CHF3O3S.2Ag/c2*1-5-14-25(15-6-1)31(26-16-7-2-8-17-26)29-22-13-23-30(24-29)32(27-18-9-3-10-19-27)28-20-11-4-12-21-28;2*2-1(3,4)8(5,6)7;;/h2*1-24H;2*(H,5,6,7);;/q;;;;2*+1/p+2. The Labute approximate surface area is 510 Å². The Kier molecular flexibility index (Phi) is 26.5. The SMILES string of the molecule is O=S(=O)([O-])C(F)(F)F.O=S(=O)([O-])C(F)(F)F.[Ag+].[Ag+].c1ccc([PH+](c2ccccc2)c2cccc([PH+](c3ccccc3)c3ccccc3)c2)cc1.c1ccc([PH+](c2ccccc2)c2cccc([PH+](c3ccccc3)c3ccccc3)c2)cc1. The Morgan fingerprint density at radius 3 is 0.451 bits per heavy atom. The van der Waals surface area contributed by atoms with E-state index in [1.807, 2.05) is 0 Å². The molecule has 0 aromatic heterocycles. The summed E-state index contributed by atoms with van der Waals surface area (Å²) in [6.45, 7) is 0. The van der Waals surface area contributed by atoms with Gasteiger partial charge in [0.05, 0.1) is 31.7 Å². The zero-order chi connectivity index (χ0) is 57.2. The molecule has 82 heavy (non-hydrogen) atoms. The van der Waals surface area contributed by atoms with Gasteiger partial charge in [-0.3, -0.25) is 0 Å². The van der Waals surface area contributed by atoms with Crippen molar-refractivity contribution in [2.75, 3.05) is 0 Å². The van der Waals surface area contributed by atoms with Crippen LogP contribution in [0.15, 0.2) is 291 Å². The Bertz CT molecular complexity index is 3110. The van der Waals surface area contributed by atoms with Crippen LogP contribution in [0, 0.1) is 0 Å². The van der Waals surface area contributed by atoms with Crippen molar-refractivity contribution in [3.8, 4) is 0 Å². The molecule has 10 rings (SSSR count). The van der Waals surface area contributed by atoms with Gasteiger partial charge in [-0.1, -0.05) is 158 Å². The molecule has 6 nitrogen and oxygen atoms in total. The largest absolute Gasteiger partial charge is 1.00 e. The van der Waals surface area contributed by atoms with Crippen molar-refractivity contribution in [2.24, 2.45) is 0 Å². The predicted molar refractivity (Wildman–Crippen MR) is 325 cm³/mol. The molecule has 0 aliphatic carbocycles. The van der Waals surface area contributed by atoms with Crippen molar-refractivity contribution in [2.45, 2.75) is 11.0 Å². The molecule has 0 N–H and O–H groups in total. The first-order chi connectivity index (χ1) is 38.3. The first-order valence-corrected chi connectivity index (χ1v) is 33.3. The number of alkyl halides is 6. The molecule has 0 fully saturated rings. The summed E-state index contributed by atoms with van der Waals surface area (Å²) in [6, 6.07) is 107. The number of hydrogen-bond acceptors (Lipinski definition) is 6. The Morgan fingerprint density at radius 1 is 0.232 bits per heavy atom. The van der Waals surface area contributed by atoms with Gasteiger partial charge in [0.25, 0.3) is 0 Å². The summed E-state index contributed by atoms with van der Waals surface area (Å²) in [4.78, 5) is 0. The molecule has 0 saturated heterocycles. The Balaban J connectivity index is 0.000000234. The minimum atomic E-state index is -6.09. The van der Waals surface area contributed by atoms with Crippen molar-refractivity contribution in [3.63, 3.8) is 0 Å². The molecular formula is C62H52Ag2F6O6P4S2+4. The van der Waals surface area contributed by atoms with Gasteiger partial charge >= 0.3 is 55.8 Å². The summed E-state index contributed by atoms with van der Waals surface area (Å²) in [7, 11) is -16.5. The van der Waals surface area contributed by atoms with Gasteiger partial charge in [-0.2, -0.15) is 26.3 Å². The third-order valence-electron chi connectivity index (χ3n) is 11.9. The fraction of sp³-hybridized carbons (Fsp3) is 0.0323. The monoisotopic (exact) mass is 1410 g/mol. The van der Waals surface area contributed by atoms with Crippen LogP contribution in [0.5, 0.6) is 0 Å². The fourth-order valence-corrected chi connectivity index (χ4v) is 19.2. The molecule has 0 atom stereocenters. The van der Waals surface area contributed by atoms with E-state index in [0.717, 1.165) is 0 Å². The van der Waals surface area contributed by atoms with Gasteiger partial charge in [-0.15, -0.1) is 0 Å². The average molecular weight is 1410 g/mol. The maximum atomic E-state index is 10.7. The first kappa shape index (κ1) is 67.6. The quantitative estimate of drug-likeness (QED) is 0.0396. The van der Waals surface area contributed by atoms with E-state index in [0.29, 0.717) is 0 Å². The van der Waals surface area contributed by atoms with Crippen LogP contribution in [0.3, 0.4) is 0 Å². The van der Waals surface area contributed by atoms with Crippen molar-refractivity contribution >= 4 is 116 Å². The molecule has 0 aliphatic rings. The van der Waals surface area contributed by atoms with Crippen LogP contribution < -0.4 is 63.7 Å². The second-order valence-electron chi connectivity index (χ2n) is 17.4. The molecule has 0 bridgehead atoms. The van der Waals surface area contributed by atoms with E-state index in [4.69, 9.17) is 25.9 Å². The molecule has 0 aliphatic heterocycles. The molecule has 10 aromatic carbocycles. The van der Waals surface area contributed by atoms with E-state index < -0.39 is 62.9 Å². The topological polar surface area (TPSA) is 114 Å². The van der Waals surface area contributed by atoms with Crippen molar-refractivity contribution in [1.82, 2.24) is 0 Å². The van der Waals surface area contributed by atoms with Gasteiger partial charge in [0.2, 0.25) is 0 Å². The normalized spacial score (nSPS) is 11.4. The van der Waals surface area contributed by atoms with E-state index >= 15 is 0 Å². The number of halogens is 6. The summed E-state index contributed by atoms with van der Waals surface area (Å²) in [6.07, 6.45) is 0. The summed E-state index contributed by atoms with van der Waals surface area (Å²) in [5, 5.41) is 17.2. The molecular weight excluding hydrogens is 1360 g/mol. The van der Waals surface area contributed by atoms with Gasteiger partial charge in [0.15, 0.2) is 20.2 Å². The summed E-state index contributed by atoms with van der Waals surface area (Å²) in [5.74, 6) is 0. The van der Waals surface area contributed by atoms with Crippen molar-refractivity contribution in [3.05, 3.63) is 291 Å². The summed E-state index contributed by atoms with van der Waals surface area (Å²) < 4.78 is 118. The molecule has 0 radical (unpaired) electrons. The fourth-order valence-electron chi connectivity index (χ4n) is 8.50.